The summed E-state index contributed by atoms with van der Waals surface area (Å²) in [7, 11) is 0. The van der Waals surface area contributed by atoms with Crippen LogP contribution in [0.3, 0.4) is 0 Å². The Kier molecular flexibility index (Phi) is 8.27. The molecule has 2 fully saturated rings. The molecule has 3 aliphatic rings. The number of esters is 1. The summed E-state index contributed by atoms with van der Waals surface area (Å²) in [4.78, 5) is 32.6. The molecule has 1 saturated carbocycles. The van der Waals surface area contributed by atoms with Gasteiger partial charge in [0.2, 0.25) is 5.69 Å². The van der Waals surface area contributed by atoms with Gasteiger partial charge in [-0.1, -0.05) is 57.2 Å². The van der Waals surface area contributed by atoms with Crippen LogP contribution in [0.1, 0.15) is 56.1 Å². The highest BCUT2D eigenvalue weighted by molar-refractivity contribution is 6.33. The molecule has 9 heteroatoms. The molecular formula is C33H36ClN3O5. The van der Waals surface area contributed by atoms with Gasteiger partial charge in [-0.05, 0) is 42.8 Å². The molecule has 1 aliphatic carbocycles. The van der Waals surface area contributed by atoms with Crippen molar-refractivity contribution in [3.8, 4) is 17.6 Å². The first kappa shape index (κ1) is 29.9. The molecular weight excluding hydrogens is 554 g/mol. The number of likely N-dealkylation sites (tertiary alicyclic amines) is 1. The zero-order valence-corrected chi connectivity index (χ0v) is 25.5. The maximum absolute atomic E-state index is 13.6. The van der Waals surface area contributed by atoms with E-state index in [0.29, 0.717) is 36.2 Å². The van der Waals surface area contributed by atoms with E-state index in [0.717, 1.165) is 29.8 Å². The van der Waals surface area contributed by atoms with E-state index in [4.69, 9.17) is 32.4 Å². The van der Waals surface area contributed by atoms with Crippen LogP contribution in [0.5, 0.6) is 5.75 Å². The van der Waals surface area contributed by atoms with Gasteiger partial charge in [-0.2, -0.15) is 0 Å². The van der Waals surface area contributed by atoms with Crippen molar-refractivity contribution in [2.45, 2.75) is 59.4 Å². The third-order valence-electron chi connectivity index (χ3n) is 8.50. The zero-order valence-electron chi connectivity index (χ0n) is 24.7. The Bertz CT molecular complexity index is 1480. The van der Waals surface area contributed by atoms with Crippen LogP contribution < -0.4 is 4.74 Å². The van der Waals surface area contributed by atoms with Gasteiger partial charge in [0.1, 0.15) is 18.5 Å². The van der Waals surface area contributed by atoms with Gasteiger partial charge in [0.15, 0.2) is 0 Å². The van der Waals surface area contributed by atoms with Crippen molar-refractivity contribution in [1.82, 2.24) is 9.80 Å². The fourth-order valence-corrected chi connectivity index (χ4v) is 7.24. The van der Waals surface area contributed by atoms with Crippen LogP contribution in [0.15, 0.2) is 36.4 Å². The average Bonchev–Trinajstić information content (AvgIpc) is 3.22. The summed E-state index contributed by atoms with van der Waals surface area (Å²) in [6.07, 6.45) is -0.124. The van der Waals surface area contributed by atoms with E-state index >= 15 is 0 Å². The van der Waals surface area contributed by atoms with E-state index in [1.807, 2.05) is 23.1 Å². The number of fused-ring (bicyclic) bond motifs is 1. The van der Waals surface area contributed by atoms with Crippen molar-refractivity contribution >= 4 is 29.2 Å². The molecule has 0 N–H and O–H groups in total. The molecule has 1 saturated heterocycles. The molecule has 42 heavy (non-hydrogen) atoms. The molecule has 0 bridgehead atoms. The maximum Gasteiger partial charge on any atom is 0.332 e. The number of halogens is 1. The van der Waals surface area contributed by atoms with E-state index in [-0.39, 0.29) is 47.6 Å². The summed E-state index contributed by atoms with van der Waals surface area (Å²) in [5.41, 5.74) is 2.36. The van der Waals surface area contributed by atoms with Gasteiger partial charge >= 0.3 is 5.97 Å². The molecule has 0 unspecified atom stereocenters. The van der Waals surface area contributed by atoms with Crippen molar-refractivity contribution in [1.29, 1.82) is 0 Å². The maximum atomic E-state index is 13.6. The fraction of sp³-hybridized carbons (Fsp3) is 0.485. The predicted octanol–water partition coefficient (Wildman–Crippen LogP) is 5.34. The third kappa shape index (κ3) is 5.60. The Labute approximate surface area is 252 Å². The molecule has 0 spiro atoms. The monoisotopic (exact) mass is 589 g/mol. The molecule has 2 aromatic rings. The molecule has 5 rings (SSSR count). The van der Waals surface area contributed by atoms with Gasteiger partial charge in [0.25, 0.3) is 5.91 Å². The lowest BCUT2D eigenvalue weighted by atomic mass is 9.49. The Morgan fingerprint density at radius 3 is 2.55 bits per heavy atom. The number of carbonyl (C=O) groups is 2. The zero-order chi connectivity index (χ0) is 30.2. The Morgan fingerprint density at radius 1 is 1.14 bits per heavy atom. The van der Waals surface area contributed by atoms with Crippen LogP contribution >= 0.6 is 11.6 Å². The SMILES string of the molecule is [C-]#[N+]c1ccc(OC2C(C)(C)C(N3Cc4cc(C#CCN5CC(OCC(=O)OCC)C5)ccc4C3=O)C2(C)C)cc1Cl. The van der Waals surface area contributed by atoms with Crippen LogP contribution in [0, 0.1) is 29.2 Å². The first-order chi connectivity index (χ1) is 19.9. The molecule has 220 valence electrons. The Morgan fingerprint density at radius 2 is 1.88 bits per heavy atom. The number of amides is 1. The van der Waals surface area contributed by atoms with E-state index in [1.165, 1.54) is 0 Å². The summed E-state index contributed by atoms with van der Waals surface area (Å²) >= 11 is 6.25. The van der Waals surface area contributed by atoms with Crippen LogP contribution in [0.4, 0.5) is 5.69 Å². The van der Waals surface area contributed by atoms with E-state index in [2.05, 4.69) is 49.3 Å². The Hall–Kier alpha value is -3.56. The third-order valence-corrected chi connectivity index (χ3v) is 8.81. The minimum absolute atomic E-state index is 0.0152. The molecule has 1 amide bonds. The van der Waals surface area contributed by atoms with Crippen LogP contribution in [-0.2, 0) is 20.8 Å². The lowest BCUT2D eigenvalue weighted by Gasteiger charge is -2.65. The normalized spacial score (nSPS) is 22.2. The number of nitrogens with zero attached hydrogens (tertiary/aromatic N) is 3. The fourth-order valence-electron chi connectivity index (χ4n) is 7.03. The van der Waals surface area contributed by atoms with Crippen LogP contribution in [0.2, 0.25) is 5.02 Å². The van der Waals surface area contributed by atoms with E-state index < -0.39 is 0 Å². The van der Waals surface area contributed by atoms with Crippen molar-refractivity contribution in [3.05, 3.63) is 69.5 Å². The number of hydrogen-bond acceptors (Lipinski definition) is 6. The molecule has 0 radical (unpaired) electrons. The van der Waals surface area contributed by atoms with Gasteiger partial charge < -0.3 is 19.1 Å². The Balaban J connectivity index is 1.19. The smallest absolute Gasteiger partial charge is 0.332 e. The van der Waals surface area contributed by atoms with E-state index in [1.54, 1.807) is 25.1 Å². The highest BCUT2D eigenvalue weighted by Gasteiger charge is 2.66. The first-order valence-electron chi connectivity index (χ1n) is 14.2. The van der Waals surface area contributed by atoms with Crippen molar-refractivity contribution in [2.24, 2.45) is 10.8 Å². The summed E-state index contributed by atoms with van der Waals surface area (Å²) in [5, 5.41) is 0.368. The molecule has 2 heterocycles. The molecule has 2 aromatic carbocycles. The first-order valence-corrected chi connectivity index (χ1v) is 14.6. The number of ether oxygens (including phenoxy) is 3. The van der Waals surface area contributed by atoms with Crippen molar-refractivity contribution in [3.63, 3.8) is 0 Å². The molecule has 2 aliphatic heterocycles. The minimum atomic E-state index is -0.337. The lowest BCUT2D eigenvalue weighted by Crippen LogP contribution is -2.74. The van der Waals surface area contributed by atoms with E-state index in [9.17, 15) is 9.59 Å². The summed E-state index contributed by atoms with van der Waals surface area (Å²) < 4.78 is 16.9. The topological polar surface area (TPSA) is 72.7 Å². The van der Waals surface area contributed by atoms with Crippen LogP contribution in [0.25, 0.3) is 4.85 Å². The molecule has 0 aromatic heterocycles. The second kappa shape index (κ2) is 11.6. The van der Waals surface area contributed by atoms with Gasteiger partial charge in [0.05, 0.1) is 30.9 Å². The second-order valence-electron chi connectivity index (χ2n) is 12.3. The number of benzene rings is 2. The summed E-state index contributed by atoms with van der Waals surface area (Å²) in [5.74, 6) is 6.78. The van der Waals surface area contributed by atoms with Gasteiger partial charge in [-0.15, -0.1) is 0 Å². The number of hydrogen-bond donors (Lipinski definition) is 0. The minimum Gasteiger partial charge on any atom is -0.489 e. The standard InChI is InChI=1S/C33H36ClN3O5/c1-7-40-28(38)20-41-24-18-36(19-24)14-8-9-21-10-12-25-22(15-21)17-37(29(25)39)30-32(2,3)31(33(30,4)5)42-23-11-13-27(35-6)26(34)16-23/h10-13,15-16,24,30-31H,7,14,17-20H2,1-5H3. The summed E-state index contributed by atoms with van der Waals surface area (Å²) in [6, 6.07) is 10.9. The largest absolute Gasteiger partial charge is 0.489 e. The second-order valence-corrected chi connectivity index (χ2v) is 12.7. The van der Waals surface area contributed by atoms with Crippen LogP contribution in [-0.4, -0.2) is 72.8 Å². The average molecular weight is 590 g/mol. The predicted molar refractivity (Wildman–Crippen MR) is 159 cm³/mol. The highest BCUT2D eigenvalue weighted by atomic mass is 35.5. The highest BCUT2D eigenvalue weighted by Crippen LogP contribution is 2.59. The summed E-state index contributed by atoms with van der Waals surface area (Å²) in [6.45, 7) is 20.5. The number of carbonyl (C=O) groups excluding carboxylic acids is 2. The van der Waals surface area contributed by atoms with Crippen molar-refractivity contribution < 1.29 is 23.8 Å². The number of rotatable bonds is 8. The molecule has 0 atom stereocenters. The quantitative estimate of drug-likeness (QED) is 0.235. The van der Waals surface area contributed by atoms with Gasteiger partial charge in [-0.25, -0.2) is 9.64 Å². The molecule has 8 nitrogen and oxygen atoms in total. The van der Waals surface area contributed by atoms with Gasteiger partial charge in [-0.3, -0.25) is 9.69 Å². The van der Waals surface area contributed by atoms with Crippen molar-refractivity contribution in [2.75, 3.05) is 32.8 Å². The lowest BCUT2D eigenvalue weighted by molar-refractivity contribution is -0.199. The van der Waals surface area contributed by atoms with Gasteiger partial charge in [0, 0.05) is 47.6 Å².